The van der Waals surface area contributed by atoms with Gasteiger partial charge in [0.05, 0.1) is 30.3 Å². The lowest BCUT2D eigenvalue weighted by atomic mass is 9.75. The van der Waals surface area contributed by atoms with Crippen LogP contribution in [0, 0.1) is 34.0 Å². The number of esters is 1. The largest absolute Gasteiger partial charge is 0.465 e. The first-order valence-electron chi connectivity index (χ1n) is 7.04. The number of methoxy groups -OCH3 is 1. The molecule has 0 aromatic carbocycles. The lowest BCUT2D eigenvalue weighted by Gasteiger charge is -2.26. The summed E-state index contributed by atoms with van der Waals surface area (Å²) in [6.07, 6.45) is -6.23. The molecule has 0 radical (unpaired) electrons. The molecule has 130 valence electrons. The van der Waals surface area contributed by atoms with Gasteiger partial charge in [-0.15, -0.1) is 0 Å². The van der Waals surface area contributed by atoms with E-state index in [1.807, 2.05) is 0 Å². The monoisotopic (exact) mass is 334 g/mol. The molecule has 8 heteroatoms. The zero-order valence-electron chi connectivity index (χ0n) is 13.7. The van der Waals surface area contributed by atoms with Crippen LogP contribution in [0.25, 0.3) is 0 Å². The molecule has 0 aliphatic heterocycles. The fourth-order valence-corrected chi connectivity index (χ4v) is 1.71. The molecule has 0 aliphatic carbocycles. The number of alkyl halides is 3. The Kier molecular flexibility index (Phi) is 7.53. The van der Waals surface area contributed by atoms with Crippen molar-refractivity contribution in [1.82, 2.24) is 0 Å². The second kappa shape index (κ2) is 8.16. The van der Waals surface area contributed by atoms with E-state index in [1.165, 1.54) is 14.0 Å². The van der Waals surface area contributed by atoms with Crippen LogP contribution in [0.3, 0.4) is 0 Å². The van der Waals surface area contributed by atoms with Crippen LogP contribution in [0.1, 0.15) is 40.0 Å². The van der Waals surface area contributed by atoms with Crippen LogP contribution < -0.4 is 0 Å². The van der Waals surface area contributed by atoms with Crippen molar-refractivity contribution in [3.63, 3.8) is 0 Å². The molecular formula is C15H21F3N2O3. The highest BCUT2D eigenvalue weighted by Crippen LogP contribution is 2.36. The zero-order valence-corrected chi connectivity index (χ0v) is 13.7. The second-order valence-corrected chi connectivity index (χ2v) is 5.91. The lowest BCUT2D eigenvalue weighted by molar-refractivity contribution is -0.155. The Balaban J connectivity index is 4.85. The van der Waals surface area contributed by atoms with E-state index >= 15 is 0 Å². The third-order valence-electron chi connectivity index (χ3n) is 3.80. The molecule has 0 N–H and O–H groups in total. The number of halogens is 3. The van der Waals surface area contributed by atoms with Crippen LogP contribution in [-0.4, -0.2) is 31.5 Å². The van der Waals surface area contributed by atoms with Gasteiger partial charge in [0, 0.05) is 20.0 Å². The fraction of sp³-hybridized carbons (Fsp3) is 0.800. The average molecular weight is 334 g/mol. The molecule has 23 heavy (non-hydrogen) atoms. The molecule has 0 aromatic heterocycles. The number of nitrogens with zero attached hydrogens (tertiary/aromatic N) is 2. The highest BCUT2D eigenvalue weighted by molar-refractivity contribution is 5.74. The SMILES string of the molecule is COC(C)(C)CCOC(=O)C(C)C(C#N)(C#N)CCC(F)(F)F. The summed E-state index contributed by atoms with van der Waals surface area (Å²) in [5, 5.41) is 18.2. The molecule has 0 rings (SSSR count). The van der Waals surface area contributed by atoms with E-state index in [0.29, 0.717) is 6.42 Å². The molecule has 0 saturated carbocycles. The number of ether oxygens (including phenoxy) is 2. The maximum Gasteiger partial charge on any atom is 0.389 e. The van der Waals surface area contributed by atoms with Gasteiger partial charge in [-0.25, -0.2) is 0 Å². The number of nitriles is 2. The smallest absolute Gasteiger partial charge is 0.389 e. The molecule has 0 spiro atoms. The lowest BCUT2D eigenvalue weighted by Crippen LogP contribution is -2.35. The van der Waals surface area contributed by atoms with Crippen molar-refractivity contribution in [1.29, 1.82) is 10.5 Å². The first-order valence-corrected chi connectivity index (χ1v) is 7.04. The molecule has 0 heterocycles. The number of hydrogen-bond acceptors (Lipinski definition) is 5. The highest BCUT2D eigenvalue weighted by Gasteiger charge is 2.45. The molecule has 5 nitrogen and oxygen atoms in total. The van der Waals surface area contributed by atoms with Gasteiger partial charge in [-0.3, -0.25) is 4.79 Å². The van der Waals surface area contributed by atoms with Gasteiger partial charge in [0.15, 0.2) is 5.41 Å². The highest BCUT2D eigenvalue weighted by atomic mass is 19.4. The van der Waals surface area contributed by atoms with Gasteiger partial charge in [0.1, 0.15) is 0 Å². The standard InChI is InChI=1S/C15H21F3N2O3/c1-11(12(21)23-8-7-13(2,3)22-4)14(9-19,10-20)5-6-15(16,17)18/h11H,5-8H2,1-4H3. The van der Waals surface area contributed by atoms with Crippen molar-refractivity contribution >= 4 is 5.97 Å². The summed E-state index contributed by atoms with van der Waals surface area (Å²) in [5.74, 6) is -2.16. The topological polar surface area (TPSA) is 83.1 Å². The number of rotatable bonds is 8. The van der Waals surface area contributed by atoms with Gasteiger partial charge in [0.25, 0.3) is 0 Å². The predicted octanol–water partition coefficient (Wildman–Crippen LogP) is 3.36. The molecular weight excluding hydrogens is 313 g/mol. The summed E-state index contributed by atoms with van der Waals surface area (Å²) >= 11 is 0. The quantitative estimate of drug-likeness (QED) is 0.636. The van der Waals surface area contributed by atoms with E-state index in [1.54, 1.807) is 26.0 Å². The summed E-state index contributed by atoms with van der Waals surface area (Å²) in [5.41, 5.74) is -2.59. The predicted molar refractivity (Wildman–Crippen MR) is 74.8 cm³/mol. The maximum absolute atomic E-state index is 12.3. The van der Waals surface area contributed by atoms with Gasteiger partial charge >= 0.3 is 12.1 Å². The Morgan fingerprint density at radius 1 is 1.13 bits per heavy atom. The van der Waals surface area contributed by atoms with Crippen molar-refractivity contribution < 1.29 is 27.4 Å². The first-order chi connectivity index (χ1) is 10.4. The van der Waals surface area contributed by atoms with Crippen molar-refractivity contribution in [3.8, 4) is 12.1 Å². The maximum atomic E-state index is 12.3. The number of carbonyl (C=O) groups excluding carboxylic acids is 1. The summed E-state index contributed by atoms with van der Waals surface area (Å²) in [7, 11) is 1.50. The van der Waals surface area contributed by atoms with Crippen LogP contribution in [0.4, 0.5) is 13.2 Å². The van der Waals surface area contributed by atoms with Gasteiger partial charge in [-0.05, 0) is 27.2 Å². The normalized spacial score (nSPS) is 13.8. The molecule has 1 atom stereocenters. The second-order valence-electron chi connectivity index (χ2n) is 5.91. The minimum absolute atomic E-state index is 0.0176. The van der Waals surface area contributed by atoms with Gasteiger partial charge < -0.3 is 9.47 Å². The molecule has 0 aromatic rings. The fourth-order valence-electron chi connectivity index (χ4n) is 1.71. The summed E-state index contributed by atoms with van der Waals surface area (Å²) in [6.45, 7) is 4.77. The number of carbonyl (C=O) groups is 1. The Morgan fingerprint density at radius 3 is 2.04 bits per heavy atom. The van der Waals surface area contributed by atoms with E-state index in [2.05, 4.69) is 0 Å². The Hall–Kier alpha value is -1.80. The molecule has 0 fully saturated rings. The summed E-state index contributed by atoms with van der Waals surface area (Å²) < 4.78 is 47.2. The van der Waals surface area contributed by atoms with Crippen molar-refractivity contribution in [3.05, 3.63) is 0 Å². The Bertz CT molecular complexity index is 476. The van der Waals surface area contributed by atoms with E-state index in [-0.39, 0.29) is 6.61 Å². The summed E-state index contributed by atoms with van der Waals surface area (Å²) in [4.78, 5) is 12.0. The van der Waals surface area contributed by atoms with Gasteiger partial charge in [-0.1, -0.05) is 0 Å². The van der Waals surface area contributed by atoms with Crippen molar-refractivity contribution in [2.45, 2.75) is 51.8 Å². The van der Waals surface area contributed by atoms with Crippen LogP contribution in [-0.2, 0) is 14.3 Å². The van der Waals surface area contributed by atoms with Gasteiger partial charge in [-0.2, -0.15) is 23.7 Å². The zero-order chi connectivity index (χ0) is 18.3. The average Bonchev–Trinajstić information content (AvgIpc) is 2.47. The number of hydrogen-bond donors (Lipinski definition) is 0. The molecule has 0 bridgehead atoms. The Labute approximate surface area is 134 Å². The van der Waals surface area contributed by atoms with E-state index in [0.717, 1.165) is 0 Å². The van der Waals surface area contributed by atoms with E-state index in [9.17, 15) is 18.0 Å². The third kappa shape index (κ3) is 6.87. The van der Waals surface area contributed by atoms with Crippen molar-refractivity contribution in [2.75, 3.05) is 13.7 Å². The minimum atomic E-state index is -4.51. The van der Waals surface area contributed by atoms with E-state index in [4.69, 9.17) is 20.0 Å². The van der Waals surface area contributed by atoms with Crippen LogP contribution in [0.2, 0.25) is 0 Å². The molecule has 0 aliphatic rings. The van der Waals surface area contributed by atoms with E-state index < -0.39 is 41.9 Å². The van der Waals surface area contributed by atoms with Crippen molar-refractivity contribution in [2.24, 2.45) is 11.3 Å². The minimum Gasteiger partial charge on any atom is -0.465 e. The van der Waals surface area contributed by atoms with Gasteiger partial charge in [0.2, 0.25) is 0 Å². The van der Waals surface area contributed by atoms with Crippen LogP contribution in [0.5, 0.6) is 0 Å². The molecule has 1 unspecified atom stereocenters. The molecule has 0 amide bonds. The molecule has 0 saturated heterocycles. The third-order valence-corrected chi connectivity index (χ3v) is 3.80. The van der Waals surface area contributed by atoms with Crippen LogP contribution >= 0.6 is 0 Å². The Morgan fingerprint density at radius 2 is 1.65 bits per heavy atom. The first kappa shape index (κ1) is 21.2. The summed E-state index contributed by atoms with van der Waals surface area (Å²) in [6, 6.07) is 3.10. The van der Waals surface area contributed by atoms with Crippen LogP contribution in [0.15, 0.2) is 0 Å².